The molecule has 0 aromatic heterocycles. The average molecular weight is 447 g/mol. The fraction of sp³-hybridized carbons (Fsp3) is 0.480. The first kappa shape index (κ1) is 22.5. The van der Waals surface area contributed by atoms with Gasteiger partial charge in [-0.1, -0.05) is 24.3 Å². The van der Waals surface area contributed by atoms with Crippen LogP contribution in [0, 0.1) is 11.7 Å². The lowest BCUT2D eigenvalue weighted by Gasteiger charge is -2.34. The summed E-state index contributed by atoms with van der Waals surface area (Å²) in [6, 6.07) is 12.9. The number of amides is 1. The van der Waals surface area contributed by atoms with Crippen LogP contribution in [0.2, 0.25) is 0 Å². The van der Waals surface area contributed by atoms with Crippen LogP contribution in [-0.4, -0.2) is 31.5 Å². The first-order valence-electron chi connectivity index (χ1n) is 11.1. The summed E-state index contributed by atoms with van der Waals surface area (Å²) in [5.41, 5.74) is 2.84. The van der Waals surface area contributed by atoms with Gasteiger partial charge < -0.3 is 15.0 Å². The molecule has 2 aromatic carbocycles. The number of carbonyl (C=O) groups is 1. The smallest absolute Gasteiger partial charge is 0.255 e. The first-order chi connectivity index (χ1) is 15.2. The van der Waals surface area contributed by atoms with E-state index in [0.717, 1.165) is 31.5 Å². The van der Waals surface area contributed by atoms with Crippen LogP contribution in [0.15, 0.2) is 42.5 Å². The van der Waals surface area contributed by atoms with Crippen molar-refractivity contribution >= 4 is 11.6 Å². The molecule has 1 saturated carbocycles. The lowest BCUT2D eigenvalue weighted by molar-refractivity contribution is -0.119. The van der Waals surface area contributed by atoms with E-state index in [1.165, 1.54) is 18.6 Å². The third-order valence-electron chi connectivity index (χ3n) is 6.49. The van der Waals surface area contributed by atoms with Crippen molar-refractivity contribution in [2.75, 3.05) is 24.6 Å². The van der Waals surface area contributed by atoms with Gasteiger partial charge >= 0.3 is 0 Å². The Labute approximate surface area is 186 Å². The van der Waals surface area contributed by atoms with Crippen LogP contribution < -0.4 is 15.0 Å². The monoisotopic (exact) mass is 446 g/mol. The van der Waals surface area contributed by atoms with Crippen molar-refractivity contribution in [3.05, 3.63) is 59.4 Å². The van der Waals surface area contributed by atoms with E-state index >= 15 is 0 Å². The number of hydrogen-bond donors (Lipinski definition) is 1. The van der Waals surface area contributed by atoms with Gasteiger partial charge in [-0.3, -0.25) is 4.79 Å². The Hall–Kier alpha value is -2.70. The molecule has 4 nitrogen and oxygen atoms in total. The summed E-state index contributed by atoms with van der Waals surface area (Å²) in [6.45, 7) is 4.86. The minimum atomic E-state index is -2.63. The van der Waals surface area contributed by atoms with E-state index in [-0.39, 0.29) is 36.5 Å². The third kappa shape index (κ3) is 5.19. The number of carbonyl (C=O) groups excluding carboxylic acids is 1. The van der Waals surface area contributed by atoms with E-state index in [1.807, 2.05) is 11.8 Å². The highest BCUT2D eigenvalue weighted by Crippen LogP contribution is 2.48. The van der Waals surface area contributed by atoms with Crippen LogP contribution in [0.3, 0.4) is 0 Å². The molecule has 0 radical (unpaired) electrons. The molecule has 2 aromatic rings. The molecule has 172 valence electrons. The van der Waals surface area contributed by atoms with Gasteiger partial charge in [0.2, 0.25) is 5.91 Å². The number of rotatable bonds is 7. The van der Waals surface area contributed by atoms with E-state index in [9.17, 15) is 18.0 Å². The minimum Gasteiger partial charge on any atom is -0.493 e. The molecular formula is C25H29F3N2O2. The number of hydrogen-bond acceptors (Lipinski definition) is 3. The number of nitrogens with one attached hydrogen (secondary N) is 1. The quantitative estimate of drug-likeness (QED) is 0.616. The molecule has 2 aliphatic rings. The summed E-state index contributed by atoms with van der Waals surface area (Å²) in [7, 11) is 0. The highest BCUT2D eigenvalue weighted by atomic mass is 19.3. The van der Waals surface area contributed by atoms with E-state index in [1.54, 1.807) is 12.1 Å². The van der Waals surface area contributed by atoms with Crippen molar-refractivity contribution in [2.24, 2.45) is 5.92 Å². The van der Waals surface area contributed by atoms with Gasteiger partial charge in [0.1, 0.15) is 11.6 Å². The Morgan fingerprint density at radius 3 is 2.41 bits per heavy atom. The number of nitrogens with zero attached hydrogens (tertiary/aromatic N) is 1. The summed E-state index contributed by atoms with van der Waals surface area (Å²) in [4.78, 5) is 13.3. The SMILES string of the molecule is CC(=O)N[C@@H](C)c1ccc(C2CCN(c3ccc(OCC4CC4(F)F)cc3F)CC2)cc1. The van der Waals surface area contributed by atoms with Gasteiger partial charge in [-0.2, -0.15) is 0 Å². The van der Waals surface area contributed by atoms with Gasteiger partial charge in [-0.25, -0.2) is 13.2 Å². The summed E-state index contributed by atoms with van der Waals surface area (Å²) in [6.07, 6.45) is 1.67. The zero-order chi connectivity index (χ0) is 22.9. The Kier molecular flexibility index (Phi) is 6.35. The normalized spacial score (nSPS) is 21.2. The predicted octanol–water partition coefficient (Wildman–Crippen LogP) is 5.44. The summed E-state index contributed by atoms with van der Waals surface area (Å²) < 4.78 is 45.9. The van der Waals surface area contributed by atoms with E-state index < -0.39 is 11.8 Å². The molecule has 0 bridgehead atoms. The lowest BCUT2D eigenvalue weighted by atomic mass is 9.88. The highest BCUT2D eigenvalue weighted by Gasteiger charge is 2.57. The maximum absolute atomic E-state index is 14.7. The number of anilines is 1. The Bertz CT molecular complexity index is 956. The maximum Gasteiger partial charge on any atom is 0.255 e. The molecule has 32 heavy (non-hydrogen) atoms. The van der Waals surface area contributed by atoms with Crippen LogP contribution >= 0.6 is 0 Å². The number of benzene rings is 2. The number of piperidine rings is 1. The van der Waals surface area contributed by atoms with Crippen molar-refractivity contribution < 1.29 is 22.7 Å². The van der Waals surface area contributed by atoms with Gasteiger partial charge in [-0.15, -0.1) is 0 Å². The van der Waals surface area contributed by atoms with Crippen molar-refractivity contribution in [1.82, 2.24) is 5.32 Å². The molecule has 2 fully saturated rings. The van der Waals surface area contributed by atoms with Gasteiger partial charge in [0.15, 0.2) is 0 Å². The average Bonchev–Trinajstić information content (AvgIpc) is 3.38. The van der Waals surface area contributed by atoms with Crippen LogP contribution in [0.5, 0.6) is 5.75 Å². The maximum atomic E-state index is 14.7. The molecule has 1 heterocycles. The van der Waals surface area contributed by atoms with Crippen LogP contribution in [-0.2, 0) is 4.79 Å². The second-order valence-electron chi connectivity index (χ2n) is 8.94. The molecular weight excluding hydrogens is 417 g/mol. The Morgan fingerprint density at radius 2 is 1.84 bits per heavy atom. The molecule has 1 aliphatic heterocycles. The molecule has 2 atom stereocenters. The highest BCUT2D eigenvalue weighted by molar-refractivity contribution is 5.73. The summed E-state index contributed by atoms with van der Waals surface area (Å²) >= 11 is 0. The van der Waals surface area contributed by atoms with E-state index in [0.29, 0.717) is 11.6 Å². The fourth-order valence-electron chi connectivity index (χ4n) is 4.38. The molecule has 1 unspecified atom stereocenters. The molecule has 1 aliphatic carbocycles. The van der Waals surface area contributed by atoms with Crippen molar-refractivity contribution in [3.8, 4) is 5.75 Å². The first-order valence-corrected chi connectivity index (χ1v) is 11.1. The van der Waals surface area contributed by atoms with Crippen molar-refractivity contribution in [3.63, 3.8) is 0 Å². The minimum absolute atomic E-state index is 0.0286. The lowest BCUT2D eigenvalue weighted by Crippen LogP contribution is -2.33. The Balaban J connectivity index is 1.31. The van der Waals surface area contributed by atoms with Crippen LogP contribution in [0.4, 0.5) is 18.9 Å². The molecule has 1 N–H and O–H groups in total. The Morgan fingerprint density at radius 1 is 1.19 bits per heavy atom. The summed E-state index contributed by atoms with van der Waals surface area (Å²) in [5.74, 6) is -3.14. The molecule has 1 saturated heterocycles. The topological polar surface area (TPSA) is 41.6 Å². The predicted molar refractivity (Wildman–Crippen MR) is 118 cm³/mol. The second-order valence-corrected chi connectivity index (χ2v) is 8.94. The van der Waals surface area contributed by atoms with Gasteiger partial charge in [0.25, 0.3) is 5.92 Å². The van der Waals surface area contributed by atoms with Gasteiger partial charge in [-0.05, 0) is 48.9 Å². The number of halogens is 3. The van der Waals surface area contributed by atoms with E-state index in [2.05, 4.69) is 29.6 Å². The largest absolute Gasteiger partial charge is 0.493 e. The number of alkyl halides is 2. The molecule has 4 rings (SSSR count). The van der Waals surface area contributed by atoms with Crippen LogP contribution in [0.1, 0.15) is 56.2 Å². The zero-order valence-corrected chi connectivity index (χ0v) is 18.4. The van der Waals surface area contributed by atoms with Crippen molar-refractivity contribution in [1.29, 1.82) is 0 Å². The van der Waals surface area contributed by atoms with Crippen molar-refractivity contribution in [2.45, 2.75) is 51.0 Å². The van der Waals surface area contributed by atoms with Crippen LogP contribution in [0.25, 0.3) is 0 Å². The standard InChI is InChI=1S/C25H29F3N2O2/c1-16(29-17(2)31)18-3-5-19(6-4-18)20-9-11-30(12-10-20)24-8-7-22(13-23(24)26)32-15-21-14-25(21,27)28/h3-8,13,16,20-21H,9-12,14-15H2,1-2H3,(H,29,31)/t16-,21?/m0/s1. The fourth-order valence-corrected chi connectivity index (χ4v) is 4.38. The zero-order valence-electron chi connectivity index (χ0n) is 18.4. The molecule has 7 heteroatoms. The second kappa shape index (κ2) is 9.04. The summed E-state index contributed by atoms with van der Waals surface area (Å²) in [5, 5.41) is 2.89. The number of ether oxygens (including phenoxy) is 1. The van der Waals surface area contributed by atoms with Gasteiger partial charge in [0, 0.05) is 32.5 Å². The van der Waals surface area contributed by atoms with Gasteiger partial charge in [0.05, 0.1) is 24.3 Å². The molecule has 0 spiro atoms. The van der Waals surface area contributed by atoms with E-state index in [4.69, 9.17) is 4.74 Å². The third-order valence-corrected chi connectivity index (χ3v) is 6.49. The molecule has 1 amide bonds.